The fourth-order valence-electron chi connectivity index (χ4n) is 5.26. The summed E-state index contributed by atoms with van der Waals surface area (Å²) in [5, 5.41) is 2.21. The van der Waals surface area contributed by atoms with Crippen molar-refractivity contribution in [2.75, 3.05) is 32.2 Å². The summed E-state index contributed by atoms with van der Waals surface area (Å²) in [6.45, 7) is 6.23. The number of ether oxygens (including phenoxy) is 2. The van der Waals surface area contributed by atoms with Crippen molar-refractivity contribution in [3.63, 3.8) is 0 Å². The van der Waals surface area contributed by atoms with Gasteiger partial charge in [-0.25, -0.2) is 0 Å². The second-order valence-electron chi connectivity index (χ2n) is 10.8. The van der Waals surface area contributed by atoms with Crippen molar-refractivity contribution >= 4 is 11.8 Å². The molecule has 2 heterocycles. The Hall–Kier alpha value is -0.190. The maximum absolute atomic E-state index is 6.00. The Morgan fingerprint density at radius 2 is 1.41 bits per heavy atom. The molecule has 2 aliphatic rings. The minimum absolute atomic E-state index is 0.361. The van der Waals surface area contributed by atoms with Gasteiger partial charge in [-0.05, 0) is 37.0 Å². The van der Waals surface area contributed by atoms with Crippen molar-refractivity contribution in [3.8, 4) is 0 Å². The SMILES string of the molecule is CCCCCCCCCCCCCCC1COC(COCCCCCCCCN2C=CSC2)C1. The first-order valence-electron chi connectivity index (χ1n) is 15.1. The summed E-state index contributed by atoms with van der Waals surface area (Å²) in [4.78, 5) is 2.42. The molecule has 3 nitrogen and oxygen atoms in total. The lowest BCUT2D eigenvalue weighted by molar-refractivity contribution is 0.0153. The average Bonchev–Trinajstić information content (AvgIpc) is 3.53. The van der Waals surface area contributed by atoms with Gasteiger partial charge in [0.25, 0.3) is 0 Å². The van der Waals surface area contributed by atoms with E-state index in [1.807, 2.05) is 11.8 Å². The molecule has 0 aromatic heterocycles. The van der Waals surface area contributed by atoms with Gasteiger partial charge in [-0.15, -0.1) is 11.8 Å². The monoisotopic (exact) mass is 495 g/mol. The lowest BCUT2D eigenvalue weighted by Gasteiger charge is -2.13. The van der Waals surface area contributed by atoms with Gasteiger partial charge in [0, 0.05) is 26.0 Å². The van der Waals surface area contributed by atoms with Gasteiger partial charge in [-0.3, -0.25) is 0 Å². The van der Waals surface area contributed by atoms with Crippen molar-refractivity contribution in [1.82, 2.24) is 4.90 Å². The molecule has 0 spiro atoms. The van der Waals surface area contributed by atoms with E-state index >= 15 is 0 Å². The molecule has 2 rings (SSSR count). The topological polar surface area (TPSA) is 21.7 Å². The van der Waals surface area contributed by atoms with Crippen LogP contribution in [0.2, 0.25) is 0 Å². The molecule has 2 unspecified atom stereocenters. The summed E-state index contributed by atoms with van der Waals surface area (Å²) >= 11 is 1.90. The highest BCUT2D eigenvalue weighted by atomic mass is 32.2. The van der Waals surface area contributed by atoms with E-state index in [-0.39, 0.29) is 0 Å². The van der Waals surface area contributed by atoms with E-state index < -0.39 is 0 Å². The molecule has 1 saturated heterocycles. The number of hydrogen-bond donors (Lipinski definition) is 0. The number of unbranched alkanes of at least 4 members (excludes halogenated alkanes) is 16. The standard InChI is InChI=1S/C30H57NO2S/c1-2-3-4-5-6-7-8-9-10-11-14-17-20-29-25-30(33-26-29)27-32-23-19-16-13-12-15-18-21-31-22-24-34-28-31/h22,24,29-30H,2-21,23,25-28H2,1H3. The predicted molar refractivity (Wildman–Crippen MR) is 150 cm³/mol. The number of thioether (sulfide) groups is 1. The third kappa shape index (κ3) is 16.5. The first-order chi connectivity index (χ1) is 16.9. The Kier molecular flexibility index (Phi) is 19.5. The van der Waals surface area contributed by atoms with Gasteiger partial charge in [0.15, 0.2) is 0 Å². The lowest BCUT2D eigenvalue weighted by atomic mass is 9.97. The van der Waals surface area contributed by atoms with Crippen LogP contribution in [0.3, 0.4) is 0 Å². The highest BCUT2D eigenvalue weighted by molar-refractivity contribution is 8.02. The lowest BCUT2D eigenvalue weighted by Crippen LogP contribution is -2.15. The van der Waals surface area contributed by atoms with Crippen molar-refractivity contribution in [2.45, 2.75) is 141 Å². The van der Waals surface area contributed by atoms with Crippen molar-refractivity contribution in [3.05, 3.63) is 11.6 Å². The zero-order valence-corrected chi connectivity index (χ0v) is 23.5. The number of hydrogen-bond acceptors (Lipinski definition) is 4. The molecule has 2 aliphatic heterocycles. The second kappa shape index (κ2) is 22.0. The average molecular weight is 496 g/mol. The predicted octanol–water partition coefficient (Wildman–Crippen LogP) is 9.32. The minimum atomic E-state index is 0.361. The van der Waals surface area contributed by atoms with E-state index in [2.05, 4.69) is 23.4 Å². The molecule has 0 aromatic carbocycles. The van der Waals surface area contributed by atoms with Crippen LogP contribution in [0.15, 0.2) is 11.6 Å². The molecule has 34 heavy (non-hydrogen) atoms. The van der Waals surface area contributed by atoms with Gasteiger partial charge in [0.2, 0.25) is 0 Å². The molecule has 1 fully saturated rings. The normalized spacial score (nSPS) is 20.1. The molecular weight excluding hydrogens is 438 g/mol. The number of rotatable bonds is 24. The molecule has 2 atom stereocenters. The molecule has 200 valence electrons. The molecular formula is C30H57NO2S. The van der Waals surface area contributed by atoms with E-state index in [0.29, 0.717) is 6.10 Å². The smallest absolute Gasteiger partial charge is 0.0812 e. The fourth-order valence-corrected chi connectivity index (χ4v) is 6.01. The molecule has 0 bridgehead atoms. The van der Waals surface area contributed by atoms with Crippen molar-refractivity contribution in [2.24, 2.45) is 5.92 Å². The van der Waals surface area contributed by atoms with Crippen molar-refractivity contribution < 1.29 is 9.47 Å². The molecule has 0 aromatic rings. The molecule has 0 N–H and O–H groups in total. The third-order valence-electron chi connectivity index (χ3n) is 7.53. The summed E-state index contributed by atoms with van der Waals surface area (Å²) in [5.41, 5.74) is 0. The van der Waals surface area contributed by atoms with Crippen LogP contribution >= 0.6 is 11.8 Å². The summed E-state index contributed by atoms with van der Waals surface area (Å²) in [6.07, 6.45) is 30.4. The summed E-state index contributed by atoms with van der Waals surface area (Å²) in [6, 6.07) is 0. The fraction of sp³-hybridized carbons (Fsp3) is 0.933. The molecule has 0 aliphatic carbocycles. The Labute approximate surface area is 217 Å². The van der Waals surface area contributed by atoms with Gasteiger partial charge in [0.05, 0.1) is 18.6 Å². The van der Waals surface area contributed by atoms with Gasteiger partial charge >= 0.3 is 0 Å². The van der Waals surface area contributed by atoms with E-state index in [1.54, 1.807) is 0 Å². The van der Waals surface area contributed by atoms with Crippen LogP contribution in [-0.2, 0) is 9.47 Å². The van der Waals surface area contributed by atoms with Crippen LogP contribution in [0, 0.1) is 5.92 Å². The van der Waals surface area contributed by atoms with Crippen LogP contribution in [-0.4, -0.2) is 43.2 Å². The maximum atomic E-state index is 6.00. The van der Waals surface area contributed by atoms with Crippen molar-refractivity contribution in [1.29, 1.82) is 0 Å². The van der Waals surface area contributed by atoms with Gasteiger partial charge in [-0.2, -0.15) is 0 Å². The maximum Gasteiger partial charge on any atom is 0.0812 e. The van der Waals surface area contributed by atoms with Gasteiger partial charge in [0.1, 0.15) is 0 Å². The Balaban J connectivity index is 1.26. The van der Waals surface area contributed by atoms with Crippen LogP contribution in [0.4, 0.5) is 0 Å². The van der Waals surface area contributed by atoms with E-state index in [1.165, 1.54) is 135 Å². The Morgan fingerprint density at radius 1 is 0.794 bits per heavy atom. The first kappa shape index (κ1) is 30.0. The first-order valence-corrected chi connectivity index (χ1v) is 16.1. The van der Waals surface area contributed by atoms with Crippen LogP contribution in [0.25, 0.3) is 0 Å². The van der Waals surface area contributed by atoms with E-state index in [4.69, 9.17) is 9.47 Å². The van der Waals surface area contributed by atoms with Gasteiger partial charge < -0.3 is 14.4 Å². The zero-order chi connectivity index (χ0) is 23.9. The Bertz CT molecular complexity index is 473. The highest BCUT2D eigenvalue weighted by Crippen LogP contribution is 2.25. The second-order valence-corrected chi connectivity index (χ2v) is 11.7. The zero-order valence-electron chi connectivity index (χ0n) is 22.7. The van der Waals surface area contributed by atoms with Gasteiger partial charge in [-0.1, -0.05) is 110 Å². The third-order valence-corrected chi connectivity index (χ3v) is 8.32. The summed E-state index contributed by atoms with van der Waals surface area (Å²) < 4.78 is 11.9. The number of nitrogens with zero attached hydrogens (tertiary/aromatic N) is 1. The van der Waals surface area contributed by atoms with E-state index in [9.17, 15) is 0 Å². The Morgan fingerprint density at radius 3 is 2.06 bits per heavy atom. The minimum Gasteiger partial charge on any atom is -0.379 e. The summed E-state index contributed by atoms with van der Waals surface area (Å²) in [5.74, 6) is 1.94. The van der Waals surface area contributed by atoms with Crippen LogP contribution < -0.4 is 0 Å². The molecule has 0 amide bonds. The largest absolute Gasteiger partial charge is 0.379 e. The van der Waals surface area contributed by atoms with E-state index in [0.717, 1.165) is 31.6 Å². The van der Waals surface area contributed by atoms with Crippen LogP contribution in [0.1, 0.15) is 135 Å². The summed E-state index contributed by atoms with van der Waals surface area (Å²) in [7, 11) is 0. The molecule has 0 saturated carbocycles. The molecule has 0 radical (unpaired) electrons. The van der Waals surface area contributed by atoms with Crippen LogP contribution in [0.5, 0.6) is 0 Å². The molecule has 4 heteroatoms. The quantitative estimate of drug-likeness (QED) is 0.124. The highest BCUT2D eigenvalue weighted by Gasteiger charge is 2.24.